The summed E-state index contributed by atoms with van der Waals surface area (Å²) in [7, 11) is 0. The first-order valence-corrected chi connectivity index (χ1v) is 10.9. The number of halogens is 3. The van der Waals surface area contributed by atoms with E-state index in [-0.39, 0.29) is 28.4 Å². The Balaban J connectivity index is 1.50. The van der Waals surface area contributed by atoms with E-state index in [0.29, 0.717) is 30.0 Å². The molecule has 1 saturated heterocycles. The molecule has 0 radical (unpaired) electrons. The third-order valence-electron chi connectivity index (χ3n) is 5.31. The molecule has 3 heterocycles. The van der Waals surface area contributed by atoms with Crippen LogP contribution in [0, 0.1) is 5.82 Å². The highest BCUT2D eigenvalue weighted by molar-refractivity contribution is 6.36. The number of hydrogen-bond donors (Lipinski definition) is 5. The van der Waals surface area contributed by atoms with Gasteiger partial charge in [0.05, 0.1) is 24.3 Å². The van der Waals surface area contributed by atoms with Crippen molar-refractivity contribution in [3.8, 4) is 16.9 Å². The van der Waals surface area contributed by atoms with Gasteiger partial charge in [0.15, 0.2) is 11.6 Å². The molecular formula is C21H23Cl2FN6O3. The van der Waals surface area contributed by atoms with E-state index < -0.39 is 17.8 Å². The van der Waals surface area contributed by atoms with E-state index in [1.165, 1.54) is 12.1 Å². The summed E-state index contributed by atoms with van der Waals surface area (Å²) in [5.41, 5.74) is 7.81. The SMILES string of the molecule is CC(Oc1cc(-c2cnn(CC3CNC(O)(O)CN3)c2)cnc1N)c1c(Cl)ccc(F)c1Cl. The number of anilines is 1. The first kappa shape index (κ1) is 23.7. The Morgan fingerprint density at radius 1 is 1.33 bits per heavy atom. The highest BCUT2D eigenvalue weighted by Gasteiger charge is 2.29. The maximum atomic E-state index is 13.9. The van der Waals surface area contributed by atoms with Crippen molar-refractivity contribution in [3.63, 3.8) is 0 Å². The highest BCUT2D eigenvalue weighted by atomic mass is 35.5. The standard InChI is InChI=1S/C21H23Cl2FN6O3/c1-11(18-15(22)2-3-16(24)19(18)23)33-17-4-12(5-26-20(17)25)13-6-29-30(8-13)9-14-7-28-21(31,32)10-27-14/h2-6,8,11,14,27-28,31-32H,7,9-10H2,1H3,(H2,25,26). The van der Waals surface area contributed by atoms with Crippen molar-refractivity contribution in [3.05, 3.63) is 58.2 Å². The fraction of sp³-hybridized carbons (Fsp3) is 0.333. The first-order chi connectivity index (χ1) is 15.6. The number of nitrogen functional groups attached to an aromatic ring is 1. The minimum atomic E-state index is -1.91. The van der Waals surface area contributed by atoms with Gasteiger partial charge in [0.25, 0.3) is 0 Å². The number of rotatable bonds is 6. The lowest BCUT2D eigenvalue weighted by molar-refractivity contribution is -0.193. The minimum Gasteiger partial charge on any atom is -0.482 e. The van der Waals surface area contributed by atoms with E-state index in [1.807, 2.05) is 6.20 Å². The lowest BCUT2D eigenvalue weighted by Crippen LogP contribution is -2.63. The van der Waals surface area contributed by atoms with Gasteiger partial charge in [-0.25, -0.2) is 9.37 Å². The number of piperazine rings is 1. The quantitative estimate of drug-likeness (QED) is 0.259. The maximum Gasteiger partial charge on any atom is 0.235 e. The number of aliphatic hydroxyl groups is 2. The Morgan fingerprint density at radius 2 is 2.12 bits per heavy atom. The number of β-amino-alcohol motifs (C(OH)–C–C–N with tert-alkyl or cyclic N) is 2. The predicted molar refractivity (Wildman–Crippen MR) is 122 cm³/mol. The molecule has 1 aromatic carbocycles. The molecule has 1 aliphatic heterocycles. The van der Waals surface area contributed by atoms with Crippen LogP contribution in [-0.2, 0) is 6.54 Å². The van der Waals surface area contributed by atoms with Crippen LogP contribution in [0.25, 0.3) is 11.1 Å². The number of nitrogens with two attached hydrogens (primary N) is 1. The molecule has 9 nitrogen and oxygen atoms in total. The molecule has 1 aliphatic rings. The lowest BCUT2D eigenvalue weighted by atomic mass is 10.1. The summed E-state index contributed by atoms with van der Waals surface area (Å²) in [4.78, 5) is 4.20. The second-order valence-electron chi connectivity index (χ2n) is 7.85. The topological polar surface area (TPSA) is 130 Å². The molecule has 12 heteroatoms. The van der Waals surface area contributed by atoms with Crippen LogP contribution in [0.2, 0.25) is 10.0 Å². The van der Waals surface area contributed by atoms with Gasteiger partial charge in [-0.2, -0.15) is 5.10 Å². The van der Waals surface area contributed by atoms with Crippen LogP contribution >= 0.6 is 23.2 Å². The van der Waals surface area contributed by atoms with E-state index in [2.05, 4.69) is 20.7 Å². The number of hydrogen-bond acceptors (Lipinski definition) is 8. The van der Waals surface area contributed by atoms with Gasteiger partial charge in [0, 0.05) is 46.7 Å². The minimum absolute atomic E-state index is 0.00586. The summed E-state index contributed by atoms with van der Waals surface area (Å²) in [6.07, 6.45) is 4.43. The number of pyridine rings is 1. The summed E-state index contributed by atoms with van der Waals surface area (Å²) in [5, 5.41) is 29.3. The largest absolute Gasteiger partial charge is 0.482 e. The van der Waals surface area contributed by atoms with Gasteiger partial charge < -0.3 is 26.0 Å². The van der Waals surface area contributed by atoms with Gasteiger partial charge >= 0.3 is 0 Å². The van der Waals surface area contributed by atoms with E-state index in [1.54, 1.807) is 30.1 Å². The van der Waals surface area contributed by atoms with E-state index >= 15 is 0 Å². The van der Waals surface area contributed by atoms with Gasteiger partial charge in [-0.05, 0) is 25.1 Å². The molecule has 4 rings (SSSR count). The zero-order valence-electron chi connectivity index (χ0n) is 17.6. The fourth-order valence-corrected chi connectivity index (χ4v) is 4.23. The van der Waals surface area contributed by atoms with Crippen LogP contribution in [-0.4, -0.2) is 50.0 Å². The van der Waals surface area contributed by atoms with Crippen molar-refractivity contribution in [1.29, 1.82) is 0 Å². The number of nitrogens with one attached hydrogen (secondary N) is 2. The Labute approximate surface area is 199 Å². The number of nitrogens with zero attached hydrogens (tertiary/aromatic N) is 3. The molecule has 176 valence electrons. The van der Waals surface area contributed by atoms with Crippen LogP contribution in [0.5, 0.6) is 5.75 Å². The summed E-state index contributed by atoms with van der Waals surface area (Å²) in [5.74, 6) is -2.04. The zero-order chi connectivity index (χ0) is 23.8. The van der Waals surface area contributed by atoms with Crippen LogP contribution < -0.4 is 21.1 Å². The van der Waals surface area contributed by atoms with Crippen molar-refractivity contribution in [1.82, 2.24) is 25.4 Å². The van der Waals surface area contributed by atoms with Gasteiger partial charge in [-0.15, -0.1) is 0 Å². The Morgan fingerprint density at radius 3 is 2.85 bits per heavy atom. The monoisotopic (exact) mass is 496 g/mol. The van der Waals surface area contributed by atoms with Gasteiger partial charge in [-0.1, -0.05) is 23.2 Å². The van der Waals surface area contributed by atoms with Crippen LogP contribution in [0.15, 0.2) is 36.8 Å². The number of benzene rings is 1. The molecule has 0 saturated carbocycles. The Hall–Kier alpha value is -2.47. The molecule has 1 fully saturated rings. The molecule has 0 bridgehead atoms. The molecule has 0 spiro atoms. The van der Waals surface area contributed by atoms with Crippen molar-refractivity contribution in [2.75, 3.05) is 18.8 Å². The summed E-state index contributed by atoms with van der Waals surface area (Å²) >= 11 is 12.3. The number of aromatic nitrogens is 3. The average Bonchev–Trinajstić information content (AvgIpc) is 3.23. The Kier molecular flexibility index (Phi) is 6.76. The van der Waals surface area contributed by atoms with Gasteiger partial charge in [0.2, 0.25) is 5.91 Å². The Bertz CT molecular complexity index is 1150. The molecule has 6 N–H and O–H groups in total. The predicted octanol–water partition coefficient (Wildman–Crippen LogP) is 2.31. The second-order valence-corrected chi connectivity index (χ2v) is 8.64. The molecule has 2 aromatic heterocycles. The van der Waals surface area contributed by atoms with Crippen LogP contribution in [0.3, 0.4) is 0 Å². The molecule has 33 heavy (non-hydrogen) atoms. The summed E-state index contributed by atoms with van der Waals surface area (Å²) < 4.78 is 21.6. The van der Waals surface area contributed by atoms with Crippen molar-refractivity contribution < 1.29 is 19.3 Å². The van der Waals surface area contributed by atoms with Crippen LogP contribution in [0.1, 0.15) is 18.6 Å². The summed E-state index contributed by atoms with van der Waals surface area (Å²) in [6, 6.07) is 4.29. The smallest absolute Gasteiger partial charge is 0.235 e. The van der Waals surface area contributed by atoms with E-state index in [9.17, 15) is 14.6 Å². The zero-order valence-corrected chi connectivity index (χ0v) is 19.1. The normalized spacial score (nSPS) is 18.8. The van der Waals surface area contributed by atoms with Crippen molar-refractivity contribution in [2.24, 2.45) is 0 Å². The fourth-order valence-electron chi connectivity index (χ4n) is 3.55. The van der Waals surface area contributed by atoms with Crippen LogP contribution in [0.4, 0.5) is 10.2 Å². The lowest BCUT2D eigenvalue weighted by Gasteiger charge is -2.33. The summed E-state index contributed by atoms with van der Waals surface area (Å²) in [6.45, 7) is 2.58. The molecule has 0 amide bonds. The van der Waals surface area contributed by atoms with Crippen molar-refractivity contribution >= 4 is 29.0 Å². The molecule has 3 aromatic rings. The molecule has 2 unspecified atom stereocenters. The molecular weight excluding hydrogens is 474 g/mol. The molecule has 0 aliphatic carbocycles. The van der Waals surface area contributed by atoms with Crippen molar-refractivity contribution in [2.45, 2.75) is 31.5 Å². The average molecular weight is 497 g/mol. The maximum absolute atomic E-state index is 13.9. The highest BCUT2D eigenvalue weighted by Crippen LogP contribution is 2.36. The third-order valence-corrected chi connectivity index (χ3v) is 6.03. The molecule has 2 atom stereocenters. The van der Waals surface area contributed by atoms with E-state index in [4.69, 9.17) is 33.7 Å². The number of ether oxygens (including phenoxy) is 1. The second kappa shape index (κ2) is 9.41. The van der Waals surface area contributed by atoms with Gasteiger partial charge in [0.1, 0.15) is 11.9 Å². The van der Waals surface area contributed by atoms with Gasteiger partial charge in [-0.3, -0.25) is 10.00 Å². The third kappa shape index (κ3) is 5.37. The van der Waals surface area contributed by atoms with E-state index in [0.717, 1.165) is 5.56 Å². The first-order valence-electron chi connectivity index (χ1n) is 10.1.